The Morgan fingerprint density at radius 1 is 1.29 bits per heavy atom. The molecule has 21 heavy (non-hydrogen) atoms. The van der Waals surface area contributed by atoms with Gasteiger partial charge in [-0.05, 0) is 43.5 Å². The molecular weight excluding hydrogens is 262 g/mol. The molecule has 0 aliphatic rings. The summed E-state index contributed by atoms with van der Waals surface area (Å²) < 4.78 is 2.01. The second-order valence-electron chi connectivity index (χ2n) is 5.34. The lowest BCUT2D eigenvalue weighted by Gasteiger charge is -2.20. The first kappa shape index (κ1) is 15.6. The summed E-state index contributed by atoms with van der Waals surface area (Å²) in [6.45, 7) is 8.38. The molecule has 5 heteroatoms. The number of nitrogens with zero attached hydrogens (tertiary/aromatic N) is 4. The van der Waals surface area contributed by atoms with Crippen LogP contribution in [0.2, 0.25) is 0 Å². The van der Waals surface area contributed by atoms with E-state index in [4.69, 9.17) is 0 Å². The van der Waals surface area contributed by atoms with Gasteiger partial charge >= 0.3 is 0 Å². The molecule has 0 spiro atoms. The fourth-order valence-corrected chi connectivity index (χ4v) is 2.48. The molecular formula is C16H25N5. The Hall–Kier alpha value is -1.75. The summed E-state index contributed by atoms with van der Waals surface area (Å²) in [5.41, 5.74) is 2.51. The maximum absolute atomic E-state index is 4.43. The summed E-state index contributed by atoms with van der Waals surface area (Å²) in [6, 6.07) is 2.30. The Balaban J connectivity index is 2.20. The molecule has 114 valence electrons. The van der Waals surface area contributed by atoms with Crippen molar-refractivity contribution in [2.75, 3.05) is 6.54 Å². The smallest absolute Gasteiger partial charge is 0.138 e. The number of hydrogen-bond donors (Lipinski definition) is 1. The van der Waals surface area contributed by atoms with Crippen molar-refractivity contribution in [1.82, 2.24) is 25.1 Å². The number of nitrogens with one attached hydrogen (secondary N) is 1. The fourth-order valence-electron chi connectivity index (χ4n) is 2.48. The maximum Gasteiger partial charge on any atom is 0.138 e. The van der Waals surface area contributed by atoms with Gasteiger partial charge < -0.3 is 5.32 Å². The summed E-state index contributed by atoms with van der Waals surface area (Å²) in [5, 5.41) is 7.93. The lowest BCUT2D eigenvalue weighted by molar-refractivity contribution is 0.486. The fraction of sp³-hybridized carbons (Fsp3) is 0.562. The molecule has 0 aromatic carbocycles. The van der Waals surface area contributed by atoms with Crippen LogP contribution in [0.1, 0.15) is 49.7 Å². The Bertz CT molecular complexity index is 549. The Kier molecular flexibility index (Phi) is 5.87. The van der Waals surface area contributed by atoms with E-state index in [9.17, 15) is 0 Å². The van der Waals surface area contributed by atoms with E-state index in [-0.39, 0.29) is 6.04 Å². The van der Waals surface area contributed by atoms with Crippen LogP contribution in [0, 0.1) is 6.92 Å². The quantitative estimate of drug-likeness (QED) is 0.811. The topological polar surface area (TPSA) is 55.6 Å². The molecule has 0 radical (unpaired) electrons. The molecule has 0 saturated carbocycles. The summed E-state index contributed by atoms with van der Waals surface area (Å²) >= 11 is 0. The van der Waals surface area contributed by atoms with Crippen LogP contribution in [0.15, 0.2) is 24.8 Å². The van der Waals surface area contributed by atoms with Gasteiger partial charge in [0.05, 0.1) is 0 Å². The zero-order valence-corrected chi connectivity index (χ0v) is 13.2. The SMILES string of the molecule is CCCNC(Cc1ncnn1CCC)c1cnccc1C. The molecule has 2 aromatic rings. The van der Waals surface area contributed by atoms with Gasteiger partial charge in [-0.3, -0.25) is 9.67 Å². The molecule has 2 heterocycles. The van der Waals surface area contributed by atoms with Crippen LogP contribution in [0.4, 0.5) is 0 Å². The van der Waals surface area contributed by atoms with E-state index in [1.807, 2.05) is 17.1 Å². The molecule has 1 atom stereocenters. The minimum absolute atomic E-state index is 0.235. The molecule has 0 amide bonds. The molecule has 1 N–H and O–H groups in total. The van der Waals surface area contributed by atoms with E-state index in [0.29, 0.717) is 0 Å². The van der Waals surface area contributed by atoms with Crippen LogP contribution in [-0.2, 0) is 13.0 Å². The molecule has 2 rings (SSSR count). The van der Waals surface area contributed by atoms with E-state index in [1.165, 1.54) is 11.1 Å². The highest BCUT2D eigenvalue weighted by atomic mass is 15.3. The van der Waals surface area contributed by atoms with E-state index >= 15 is 0 Å². The molecule has 0 aliphatic carbocycles. The largest absolute Gasteiger partial charge is 0.309 e. The van der Waals surface area contributed by atoms with Gasteiger partial charge in [-0.2, -0.15) is 5.10 Å². The van der Waals surface area contributed by atoms with Crippen LogP contribution in [0.5, 0.6) is 0 Å². The van der Waals surface area contributed by atoms with Crippen molar-refractivity contribution in [3.8, 4) is 0 Å². The van der Waals surface area contributed by atoms with Crippen molar-refractivity contribution >= 4 is 0 Å². The molecule has 0 saturated heterocycles. The molecule has 2 aromatic heterocycles. The lowest BCUT2D eigenvalue weighted by Crippen LogP contribution is -2.26. The summed E-state index contributed by atoms with van der Waals surface area (Å²) in [5.74, 6) is 1.04. The van der Waals surface area contributed by atoms with Crippen molar-refractivity contribution in [3.05, 3.63) is 41.7 Å². The highest BCUT2D eigenvalue weighted by Gasteiger charge is 2.17. The number of pyridine rings is 1. The molecule has 0 aliphatic heterocycles. The predicted octanol–water partition coefficient (Wildman–Crippen LogP) is 2.67. The van der Waals surface area contributed by atoms with Crippen molar-refractivity contribution < 1.29 is 0 Å². The Morgan fingerprint density at radius 3 is 2.86 bits per heavy atom. The third-order valence-corrected chi connectivity index (χ3v) is 3.61. The standard InChI is InChI=1S/C16H25N5/c1-4-7-18-15(14-11-17-8-6-13(14)3)10-16-19-12-20-21(16)9-5-2/h6,8,11-12,15,18H,4-5,7,9-10H2,1-3H3. The van der Waals surface area contributed by atoms with Gasteiger partial charge in [0.25, 0.3) is 0 Å². The average Bonchev–Trinajstić information content (AvgIpc) is 2.92. The second kappa shape index (κ2) is 7.88. The van der Waals surface area contributed by atoms with Crippen molar-refractivity contribution in [2.45, 2.75) is 52.6 Å². The van der Waals surface area contributed by atoms with Gasteiger partial charge in [0.15, 0.2) is 0 Å². The van der Waals surface area contributed by atoms with Gasteiger partial charge in [-0.15, -0.1) is 0 Å². The molecule has 1 unspecified atom stereocenters. The maximum atomic E-state index is 4.43. The Morgan fingerprint density at radius 2 is 2.14 bits per heavy atom. The van der Waals surface area contributed by atoms with E-state index in [0.717, 1.165) is 38.2 Å². The summed E-state index contributed by atoms with van der Waals surface area (Å²) in [7, 11) is 0. The number of aryl methyl sites for hydroxylation is 2. The third kappa shape index (κ3) is 4.11. The first-order valence-electron chi connectivity index (χ1n) is 7.76. The Labute approximate surface area is 126 Å². The van der Waals surface area contributed by atoms with Crippen LogP contribution < -0.4 is 5.32 Å². The van der Waals surface area contributed by atoms with Gasteiger partial charge in [0.2, 0.25) is 0 Å². The van der Waals surface area contributed by atoms with E-state index in [1.54, 1.807) is 6.33 Å². The first-order chi connectivity index (χ1) is 10.3. The minimum Gasteiger partial charge on any atom is -0.309 e. The number of aromatic nitrogens is 4. The second-order valence-corrected chi connectivity index (χ2v) is 5.34. The van der Waals surface area contributed by atoms with Gasteiger partial charge in [0.1, 0.15) is 12.2 Å². The van der Waals surface area contributed by atoms with Crippen molar-refractivity contribution in [3.63, 3.8) is 0 Å². The minimum atomic E-state index is 0.235. The van der Waals surface area contributed by atoms with E-state index < -0.39 is 0 Å². The zero-order chi connectivity index (χ0) is 15.1. The lowest BCUT2D eigenvalue weighted by atomic mass is 10.0. The van der Waals surface area contributed by atoms with Gasteiger partial charge in [0, 0.05) is 31.4 Å². The van der Waals surface area contributed by atoms with Gasteiger partial charge in [-0.1, -0.05) is 13.8 Å². The van der Waals surface area contributed by atoms with Crippen LogP contribution in [-0.4, -0.2) is 26.3 Å². The van der Waals surface area contributed by atoms with Gasteiger partial charge in [-0.25, -0.2) is 4.98 Å². The predicted molar refractivity (Wildman–Crippen MR) is 84.0 cm³/mol. The number of hydrogen-bond acceptors (Lipinski definition) is 4. The van der Waals surface area contributed by atoms with Crippen LogP contribution in [0.3, 0.4) is 0 Å². The zero-order valence-electron chi connectivity index (χ0n) is 13.2. The van der Waals surface area contributed by atoms with E-state index in [2.05, 4.69) is 47.2 Å². The monoisotopic (exact) mass is 287 g/mol. The van der Waals surface area contributed by atoms with Crippen molar-refractivity contribution in [2.24, 2.45) is 0 Å². The summed E-state index contributed by atoms with van der Waals surface area (Å²) in [4.78, 5) is 8.71. The van der Waals surface area contributed by atoms with Crippen LogP contribution >= 0.6 is 0 Å². The molecule has 5 nitrogen and oxygen atoms in total. The average molecular weight is 287 g/mol. The van der Waals surface area contributed by atoms with Crippen molar-refractivity contribution in [1.29, 1.82) is 0 Å². The third-order valence-electron chi connectivity index (χ3n) is 3.61. The highest BCUT2D eigenvalue weighted by molar-refractivity contribution is 5.26. The molecule has 0 bridgehead atoms. The van der Waals surface area contributed by atoms with Crippen LogP contribution in [0.25, 0.3) is 0 Å². The summed E-state index contributed by atoms with van der Waals surface area (Å²) in [6.07, 6.45) is 8.47. The first-order valence-corrected chi connectivity index (χ1v) is 7.76. The highest BCUT2D eigenvalue weighted by Crippen LogP contribution is 2.20. The number of rotatable bonds is 8. The molecule has 0 fully saturated rings. The normalized spacial score (nSPS) is 12.5.